The fraction of sp³-hybridized carbons (Fsp3) is 0.600. The molecule has 0 amide bonds. The third-order valence-corrected chi connectivity index (χ3v) is 10.9. The smallest absolute Gasteiger partial charge is 0.337 e. The summed E-state index contributed by atoms with van der Waals surface area (Å²) in [6, 6.07) is 8.84. The van der Waals surface area contributed by atoms with E-state index >= 15 is 0 Å². The van der Waals surface area contributed by atoms with E-state index in [1.807, 2.05) is 34.6 Å². The van der Waals surface area contributed by atoms with Crippen molar-refractivity contribution in [1.29, 1.82) is 0 Å². The van der Waals surface area contributed by atoms with Crippen LogP contribution in [0.5, 0.6) is 0 Å². The summed E-state index contributed by atoms with van der Waals surface area (Å²) in [5, 5.41) is 19.9. The molecular formula is C40H56N6O4. The Hall–Kier alpha value is -3.76. The van der Waals surface area contributed by atoms with Crippen LogP contribution in [0, 0.1) is 25.2 Å². The van der Waals surface area contributed by atoms with Gasteiger partial charge >= 0.3 is 5.97 Å². The van der Waals surface area contributed by atoms with Crippen LogP contribution in [-0.2, 0) is 22.5 Å². The number of fused-ring (bicyclic) bond motifs is 1. The van der Waals surface area contributed by atoms with Crippen molar-refractivity contribution in [2.45, 2.75) is 105 Å². The molecule has 0 saturated carbocycles. The second kappa shape index (κ2) is 14.5. The van der Waals surface area contributed by atoms with Gasteiger partial charge in [-0.1, -0.05) is 32.0 Å². The number of anilines is 3. The number of piperidine rings is 2. The van der Waals surface area contributed by atoms with E-state index in [1.165, 1.54) is 11.1 Å². The van der Waals surface area contributed by atoms with Gasteiger partial charge in [-0.25, -0.2) is 14.8 Å². The van der Waals surface area contributed by atoms with Crippen LogP contribution >= 0.6 is 0 Å². The number of carboxylic acid groups (broad SMARTS) is 1. The first-order valence-electron chi connectivity index (χ1n) is 18.4. The monoisotopic (exact) mass is 684 g/mol. The number of pyridine rings is 1. The molecule has 3 aromatic rings. The van der Waals surface area contributed by atoms with Gasteiger partial charge in [0, 0.05) is 74.5 Å². The maximum Gasteiger partial charge on any atom is 0.337 e. The molecule has 50 heavy (non-hydrogen) atoms. The van der Waals surface area contributed by atoms with Crippen LogP contribution < -0.4 is 14.7 Å². The van der Waals surface area contributed by atoms with Crippen molar-refractivity contribution in [3.8, 4) is 11.1 Å². The molecule has 0 bridgehead atoms. The summed E-state index contributed by atoms with van der Waals surface area (Å²) >= 11 is 0. The Morgan fingerprint density at radius 2 is 1.62 bits per heavy atom. The second-order valence-electron chi connectivity index (χ2n) is 16.4. The van der Waals surface area contributed by atoms with Gasteiger partial charge in [0.15, 0.2) is 6.10 Å². The molecule has 3 aliphatic rings. The van der Waals surface area contributed by atoms with E-state index in [9.17, 15) is 15.0 Å². The third-order valence-electron chi connectivity index (χ3n) is 10.9. The minimum absolute atomic E-state index is 0.237. The number of aryl methyl sites for hydroxylation is 2. The Balaban J connectivity index is 1.32. The minimum Gasteiger partial charge on any atom is -0.479 e. The Bertz CT molecular complexity index is 1680. The average Bonchev–Trinajstić information content (AvgIpc) is 3.07. The first-order valence-corrected chi connectivity index (χ1v) is 18.4. The Morgan fingerprint density at radius 3 is 2.26 bits per heavy atom. The zero-order valence-electron chi connectivity index (χ0n) is 31.1. The largest absolute Gasteiger partial charge is 0.479 e. The Morgan fingerprint density at radius 1 is 0.940 bits per heavy atom. The predicted octanol–water partition coefficient (Wildman–Crippen LogP) is 6.88. The number of aliphatic carboxylic acids is 1. The number of aromatic nitrogens is 3. The predicted molar refractivity (Wildman–Crippen MR) is 199 cm³/mol. The highest BCUT2D eigenvalue weighted by atomic mass is 16.5. The summed E-state index contributed by atoms with van der Waals surface area (Å²) in [5.74, 6) is 1.51. The molecule has 0 spiro atoms. The van der Waals surface area contributed by atoms with E-state index < -0.39 is 17.7 Å². The van der Waals surface area contributed by atoms with Gasteiger partial charge in [-0.05, 0) is 101 Å². The number of rotatable bonds is 9. The van der Waals surface area contributed by atoms with Crippen molar-refractivity contribution in [2.75, 3.05) is 54.0 Å². The van der Waals surface area contributed by atoms with E-state index in [-0.39, 0.29) is 12.0 Å². The van der Waals surface area contributed by atoms with Gasteiger partial charge in [-0.2, -0.15) is 0 Å². The van der Waals surface area contributed by atoms with Crippen LogP contribution in [0.4, 0.5) is 17.3 Å². The first-order chi connectivity index (χ1) is 23.7. The number of carboxylic acids is 1. The lowest BCUT2D eigenvalue weighted by Gasteiger charge is -2.41. The van der Waals surface area contributed by atoms with E-state index in [4.69, 9.17) is 9.72 Å². The number of ether oxygens (including phenoxy) is 1. The summed E-state index contributed by atoms with van der Waals surface area (Å²) in [5.41, 5.74) is 7.44. The lowest BCUT2D eigenvalue weighted by Crippen LogP contribution is -2.39. The van der Waals surface area contributed by atoms with Gasteiger partial charge in [0.2, 0.25) is 0 Å². The Kier molecular flexibility index (Phi) is 10.4. The van der Waals surface area contributed by atoms with E-state index in [0.717, 1.165) is 112 Å². The van der Waals surface area contributed by atoms with Crippen molar-refractivity contribution in [3.63, 3.8) is 0 Å². The lowest BCUT2D eigenvalue weighted by atomic mass is 9.81. The van der Waals surface area contributed by atoms with Crippen LogP contribution in [0.3, 0.4) is 0 Å². The molecule has 270 valence electrons. The van der Waals surface area contributed by atoms with Crippen LogP contribution in [0.1, 0.15) is 101 Å². The molecule has 1 aromatic carbocycles. The number of hydrogen-bond acceptors (Lipinski definition) is 9. The first kappa shape index (κ1) is 36.0. The highest BCUT2D eigenvalue weighted by Gasteiger charge is 2.37. The zero-order chi connectivity index (χ0) is 35.8. The second-order valence-corrected chi connectivity index (χ2v) is 16.4. The molecule has 3 aliphatic heterocycles. The summed E-state index contributed by atoms with van der Waals surface area (Å²) in [6.45, 7) is 19.8. The normalized spacial score (nSPS) is 19.0. The van der Waals surface area contributed by atoms with E-state index in [1.54, 1.807) is 6.33 Å². The zero-order valence-corrected chi connectivity index (χ0v) is 31.1. The fourth-order valence-corrected chi connectivity index (χ4v) is 7.98. The highest BCUT2D eigenvalue weighted by Crippen LogP contribution is 2.45. The SMILES string of the molecule is Cc1nc(C)c([C@H](OC(C)(C)C)C(=O)O)c(N2CCC(C)(C)CC2)c1-c1ccc2c(c1)CCN(c1cc(N3CCC(CCO)CC3)ncn1)C2. The average molecular weight is 685 g/mol. The van der Waals surface area contributed by atoms with Gasteiger partial charge in [-0.3, -0.25) is 4.98 Å². The molecule has 0 aliphatic carbocycles. The number of nitrogens with zero attached hydrogens (tertiary/aromatic N) is 6. The molecule has 2 fully saturated rings. The number of carbonyl (C=O) groups is 1. The summed E-state index contributed by atoms with van der Waals surface area (Å²) < 4.78 is 6.28. The molecule has 2 aromatic heterocycles. The Labute approximate surface area is 297 Å². The van der Waals surface area contributed by atoms with Gasteiger partial charge in [0.1, 0.15) is 18.0 Å². The van der Waals surface area contributed by atoms with Gasteiger partial charge in [0.05, 0.1) is 11.3 Å². The number of hydrogen-bond donors (Lipinski definition) is 2. The highest BCUT2D eigenvalue weighted by molar-refractivity contribution is 5.88. The van der Waals surface area contributed by atoms with Gasteiger partial charge < -0.3 is 29.6 Å². The van der Waals surface area contributed by atoms with Gasteiger partial charge in [0.25, 0.3) is 0 Å². The molecule has 10 heteroatoms. The number of aliphatic hydroxyl groups excluding tert-OH is 1. The van der Waals surface area contributed by atoms with Crippen molar-refractivity contribution in [2.24, 2.45) is 11.3 Å². The minimum atomic E-state index is -1.14. The molecule has 6 rings (SSSR count). The molecular weight excluding hydrogens is 628 g/mol. The maximum absolute atomic E-state index is 12.9. The summed E-state index contributed by atoms with van der Waals surface area (Å²) in [7, 11) is 0. The molecule has 0 radical (unpaired) electrons. The fourth-order valence-electron chi connectivity index (χ4n) is 7.98. The number of aliphatic hydroxyl groups is 1. The summed E-state index contributed by atoms with van der Waals surface area (Å²) in [4.78, 5) is 34.3. The molecule has 10 nitrogen and oxygen atoms in total. The van der Waals surface area contributed by atoms with E-state index in [0.29, 0.717) is 17.2 Å². The third kappa shape index (κ3) is 7.91. The quantitative estimate of drug-likeness (QED) is 0.247. The van der Waals surface area contributed by atoms with Crippen molar-refractivity contribution in [3.05, 3.63) is 58.7 Å². The molecule has 2 saturated heterocycles. The van der Waals surface area contributed by atoms with Crippen LogP contribution in [0.25, 0.3) is 11.1 Å². The van der Waals surface area contributed by atoms with Crippen LogP contribution in [-0.4, -0.2) is 76.1 Å². The standard InChI is InChI=1S/C40H56N6O4/c1-26-34(36(45-19-14-40(6,7)15-20-45)35(27(2)43-26)37(38(48)49)50-39(3,4)5)30-8-9-31-24-46(18-12-29(31)22-30)33-23-32(41-25-42-33)44-16-10-28(11-17-44)13-21-47/h8-9,22-23,25,28,37,47H,10-21,24H2,1-7H3,(H,48,49)/t37-/m0/s1. The molecule has 0 unspecified atom stereocenters. The maximum atomic E-state index is 12.9. The van der Waals surface area contributed by atoms with Crippen LogP contribution in [0.15, 0.2) is 30.6 Å². The molecule has 2 N–H and O–H groups in total. The lowest BCUT2D eigenvalue weighted by molar-refractivity contribution is -0.160. The summed E-state index contributed by atoms with van der Waals surface area (Å²) in [6.07, 6.45) is 6.51. The van der Waals surface area contributed by atoms with Crippen molar-refractivity contribution < 1.29 is 19.7 Å². The number of benzene rings is 1. The molecule has 5 heterocycles. The molecule has 1 atom stereocenters. The van der Waals surface area contributed by atoms with Crippen LogP contribution in [0.2, 0.25) is 0 Å². The van der Waals surface area contributed by atoms with Crippen molar-refractivity contribution >= 4 is 23.3 Å². The topological polar surface area (TPSA) is 115 Å². The van der Waals surface area contributed by atoms with E-state index in [2.05, 4.69) is 62.8 Å². The van der Waals surface area contributed by atoms with Gasteiger partial charge in [-0.15, -0.1) is 0 Å². The van der Waals surface area contributed by atoms with Crippen molar-refractivity contribution in [1.82, 2.24) is 15.0 Å².